The Morgan fingerprint density at radius 3 is 2.65 bits per heavy atom. The van der Waals surface area contributed by atoms with Crippen molar-refractivity contribution in [2.45, 2.75) is 31.3 Å². The highest BCUT2D eigenvalue weighted by atomic mass is 79.9. The van der Waals surface area contributed by atoms with Crippen LogP contribution in [0.5, 0.6) is 0 Å². The minimum absolute atomic E-state index is 0.0429. The summed E-state index contributed by atoms with van der Waals surface area (Å²) in [6, 6.07) is 4.08. The van der Waals surface area contributed by atoms with E-state index in [1.807, 2.05) is 26.0 Å². The fourth-order valence-electron chi connectivity index (χ4n) is 1.45. The van der Waals surface area contributed by atoms with Crippen LogP contribution in [-0.2, 0) is 4.79 Å². The quantitative estimate of drug-likeness (QED) is 0.678. The summed E-state index contributed by atoms with van der Waals surface area (Å²) in [7, 11) is 0. The van der Waals surface area contributed by atoms with Gasteiger partial charge in [0, 0.05) is 15.9 Å². The molecule has 0 aromatic heterocycles. The fraction of sp³-hybridized carbons (Fsp3) is 0.500. The molecule has 0 radical (unpaired) electrons. The first kappa shape index (κ1) is 17.5. The summed E-state index contributed by atoms with van der Waals surface area (Å²) in [6.45, 7) is 5.14. The molecule has 0 aliphatic rings. The Bertz CT molecular complexity index is 492. The van der Waals surface area contributed by atoms with Crippen LogP contribution in [0.3, 0.4) is 0 Å². The maximum Gasteiger partial charge on any atom is 0.230 e. The molecule has 1 aromatic rings. The number of hydrogen-bond acceptors (Lipinski definition) is 4. The topological polar surface area (TPSA) is 69.6 Å². The summed E-state index contributed by atoms with van der Waals surface area (Å²) in [5.74, 6) is 0.118. The molecule has 1 aromatic carbocycles. The van der Waals surface area contributed by atoms with Gasteiger partial charge in [-0.25, -0.2) is 0 Å². The zero-order valence-corrected chi connectivity index (χ0v) is 14.3. The van der Waals surface area contributed by atoms with E-state index in [1.165, 1.54) is 18.7 Å². The van der Waals surface area contributed by atoms with Crippen molar-refractivity contribution in [3.8, 4) is 0 Å². The molecule has 0 fully saturated rings. The van der Waals surface area contributed by atoms with Crippen molar-refractivity contribution in [2.75, 3.05) is 18.9 Å². The number of rotatable bonds is 6. The molecule has 6 heteroatoms. The second-order valence-electron chi connectivity index (χ2n) is 5.09. The number of aryl methyl sites for hydroxylation is 2. The van der Waals surface area contributed by atoms with Gasteiger partial charge in [-0.1, -0.05) is 15.9 Å². The van der Waals surface area contributed by atoms with Crippen molar-refractivity contribution in [3.63, 3.8) is 0 Å². The molecular formula is C14H20BrNO3S. The van der Waals surface area contributed by atoms with Crippen LogP contribution in [0.1, 0.15) is 18.1 Å². The largest absolute Gasteiger partial charge is 0.393 e. The summed E-state index contributed by atoms with van der Waals surface area (Å²) in [4.78, 5) is 12.8. The zero-order valence-electron chi connectivity index (χ0n) is 11.9. The molecule has 0 bridgehead atoms. The van der Waals surface area contributed by atoms with Crippen molar-refractivity contribution < 1.29 is 15.0 Å². The summed E-state index contributed by atoms with van der Waals surface area (Å²) < 4.78 is 1.06. The Hall–Kier alpha value is -0.560. The van der Waals surface area contributed by atoms with Crippen LogP contribution < -0.4 is 5.32 Å². The summed E-state index contributed by atoms with van der Waals surface area (Å²) >= 11 is 4.93. The van der Waals surface area contributed by atoms with E-state index in [0.29, 0.717) is 0 Å². The molecule has 4 nitrogen and oxygen atoms in total. The van der Waals surface area contributed by atoms with Crippen molar-refractivity contribution in [1.82, 2.24) is 5.32 Å². The Morgan fingerprint density at radius 1 is 1.40 bits per heavy atom. The van der Waals surface area contributed by atoms with Crippen molar-refractivity contribution in [3.05, 3.63) is 27.7 Å². The first-order chi connectivity index (χ1) is 9.25. The van der Waals surface area contributed by atoms with Gasteiger partial charge in [0.05, 0.1) is 12.4 Å². The smallest absolute Gasteiger partial charge is 0.230 e. The van der Waals surface area contributed by atoms with Gasteiger partial charge >= 0.3 is 0 Å². The number of nitrogens with one attached hydrogen (secondary N) is 1. The van der Waals surface area contributed by atoms with Crippen molar-refractivity contribution in [2.24, 2.45) is 0 Å². The van der Waals surface area contributed by atoms with Gasteiger partial charge in [-0.3, -0.25) is 4.79 Å². The molecule has 0 saturated heterocycles. The monoisotopic (exact) mass is 361 g/mol. The predicted molar refractivity (Wildman–Crippen MR) is 85.1 cm³/mol. The van der Waals surface area contributed by atoms with Gasteiger partial charge < -0.3 is 15.5 Å². The molecule has 0 aliphatic carbocycles. The van der Waals surface area contributed by atoms with Crippen LogP contribution >= 0.6 is 27.7 Å². The van der Waals surface area contributed by atoms with Crippen LogP contribution in [0, 0.1) is 13.8 Å². The Labute approximate surface area is 132 Å². The van der Waals surface area contributed by atoms with Crippen LogP contribution in [-0.4, -0.2) is 40.6 Å². The number of aliphatic hydroxyl groups excluding tert-OH is 1. The fourth-order valence-corrected chi connectivity index (χ4v) is 2.84. The minimum atomic E-state index is -1.27. The first-order valence-electron chi connectivity index (χ1n) is 6.24. The zero-order chi connectivity index (χ0) is 15.3. The van der Waals surface area contributed by atoms with E-state index in [2.05, 4.69) is 21.2 Å². The predicted octanol–water partition coefficient (Wildman–Crippen LogP) is 2.02. The lowest BCUT2D eigenvalue weighted by atomic mass is 10.1. The lowest BCUT2D eigenvalue weighted by Crippen LogP contribution is -2.43. The van der Waals surface area contributed by atoms with E-state index in [1.54, 1.807) is 0 Å². The summed E-state index contributed by atoms with van der Waals surface area (Å²) in [6.07, 6.45) is 0. The first-order valence-corrected chi connectivity index (χ1v) is 8.02. The van der Waals surface area contributed by atoms with Gasteiger partial charge in [0.1, 0.15) is 5.60 Å². The third-order valence-corrected chi connectivity index (χ3v) is 4.83. The Morgan fingerprint density at radius 2 is 2.05 bits per heavy atom. The number of hydrogen-bond donors (Lipinski definition) is 3. The second kappa shape index (κ2) is 7.45. The van der Waals surface area contributed by atoms with Gasteiger partial charge in [-0.15, -0.1) is 11.8 Å². The second-order valence-corrected chi connectivity index (χ2v) is 6.96. The number of carbonyl (C=O) groups is 1. The van der Waals surface area contributed by atoms with Gasteiger partial charge in [0.25, 0.3) is 0 Å². The van der Waals surface area contributed by atoms with E-state index in [0.717, 1.165) is 20.5 Å². The van der Waals surface area contributed by atoms with Gasteiger partial charge in [-0.05, 0) is 44.0 Å². The SMILES string of the molecule is Cc1cc(SCC(=O)NCC(C)(O)CO)c(C)cc1Br. The lowest BCUT2D eigenvalue weighted by Gasteiger charge is -2.20. The number of carbonyl (C=O) groups excluding carboxylic acids is 1. The molecule has 0 spiro atoms. The van der Waals surface area contributed by atoms with Gasteiger partial charge in [0.15, 0.2) is 0 Å². The molecule has 1 rings (SSSR count). The molecule has 3 N–H and O–H groups in total. The van der Waals surface area contributed by atoms with E-state index in [9.17, 15) is 9.90 Å². The number of thioether (sulfide) groups is 1. The molecular weight excluding hydrogens is 342 g/mol. The molecule has 20 heavy (non-hydrogen) atoms. The molecule has 0 aliphatic heterocycles. The number of benzene rings is 1. The van der Waals surface area contributed by atoms with Crippen LogP contribution in [0.4, 0.5) is 0 Å². The average Bonchev–Trinajstić information content (AvgIpc) is 2.39. The molecule has 0 heterocycles. The van der Waals surface area contributed by atoms with Gasteiger partial charge in [-0.2, -0.15) is 0 Å². The molecule has 1 unspecified atom stereocenters. The highest BCUT2D eigenvalue weighted by Gasteiger charge is 2.19. The van der Waals surface area contributed by atoms with E-state index in [4.69, 9.17) is 5.11 Å². The normalized spacial score (nSPS) is 13.9. The van der Waals surface area contributed by atoms with E-state index in [-0.39, 0.29) is 24.8 Å². The third kappa shape index (κ3) is 5.44. The molecule has 1 amide bonds. The summed E-state index contributed by atoms with van der Waals surface area (Å²) in [5.41, 5.74) is 0.967. The number of halogens is 1. The molecule has 1 atom stereocenters. The van der Waals surface area contributed by atoms with Crippen molar-refractivity contribution >= 4 is 33.6 Å². The van der Waals surface area contributed by atoms with Crippen LogP contribution in [0.2, 0.25) is 0 Å². The molecule has 112 valence electrons. The van der Waals surface area contributed by atoms with Gasteiger partial charge in [0.2, 0.25) is 5.91 Å². The number of amides is 1. The standard InChI is InChI=1S/C14H20BrNO3S/c1-9-5-12(10(2)4-11(9)15)20-6-13(18)16-7-14(3,19)8-17/h4-5,17,19H,6-8H2,1-3H3,(H,16,18). The highest BCUT2D eigenvalue weighted by Crippen LogP contribution is 2.28. The summed E-state index contributed by atoms with van der Waals surface area (Å²) in [5, 5.41) is 21.1. The van der Waals surface area contributed by atoms with Crippen molar-refractivity contribution in [1.29, 1.82) is 0 Å². The minimum Gasteiger partial charge on any atom is -0.393 e. The molecule has 0 saturated carbocycles. The average molecular weight is 362 g/mol. The Balaban J connectivity index is 2.51. The van der Waals surface area contributed by atoms with Crippen LogP contribution in [0.15, 0.2) is 21.5 Å². The number of aliphatic hydroxyl groups is 2. The lowest BCUT2D eigenvalue weighted by molar-refractivity contribution is -0.120. The Kier molecular flexibility index (Phi) is 6.51. The third-order valence-electron chi connectivity index (χ3n) is 2.82. The van der Waals surface area contributed by atoms with E-state index >= 15 is 0 Å². The van der Waals surface area contributed by atoms with Crippen LogP contribution in [0.25, 0.3) is 0 Å². The van der Waals surface area contributed by atoms with E-state index < -0.39 is 5.60 Å². The highest BCUT2D eigenvalue weighted by molar-refractivity contribution is 9.10. The maximum absolute atomic E-state index is 11.7. The maximum atomic E-state index is 11.7.